The van der Waals surface area contributed by atoms with Crippen LogP contribution in [-0.2, 0) is 14.3 Å². The van der Waals surface area contributed by atoms with Crippen LogP contribution in [0.1, 0.15) is 31.4 Å². The summed E-state index contributed by atoms with van der Waals surface area (Å²) in [5.41, 5.74) is 1.03. The molecule has 0 unspecified atom stereocenters. The van der Waals surface area contributed by atoms with Gasteiger partial charge in [-0.1, -0.05) is 43.7 Å². The molecule has 1 amide bonds. The van der Waals surface area contributed by atoms with Crippen molar-refractivity contribution in [1.29, 1.82) is 0 Å². The number of hydrogen-bond donors (Lipinski definition) is 1. The van der Waals surface area contributed by atoms with E-state index in [2.05, 4.69) is 12.2 Å². The number of methoxy groups -OCH3 is 1. The minimum Gasteiger partial charge on any atom is -0.497 e. The lowest BCUT2D eigenvalue weighted by molar-refractivity contribution is -0.150. The molecule has 0 aliphatic heterocycles. The minimum atomic E-state index is -0.604. The average molecular weight is 371 g/mol. The van der Waals surface area contributed by atoms with E-state index in [0.717, 1.165) is 18.4 Å². The highest BCUT2D eigenvalue weighted by molar-refractivity contribution is 5.81. The van der Waals surface area contributed by atoms with Crippen LogP contribution >= 0.6 is 0 Å². The summed E-state index contributed by atoms with van der Waals surface area (Å²) in [4.78, 5) is 23.9. The molecule has 0 radical (unpaired) electrons. The molecule has 0 spiro atoms. The largest absolute Gasteiger partial charge is 0.497 e. The van der Waals surface area contributed by atoms with E-state index in [4.69, 9.17) is 14.2 Å². The number of carbonyl (C=O) groups is 2. The van der Waals surface area contributed by atoms with Gasteiger partial charge < -0.3 is 19.5 Å². The minimum absolute atomic E-state index is 0.0991. The van der Waals surface area contributed by atoms with Crippen LogP contribution in [0.15, 0.2) is 54.6 Å². The lowest BCUT2D eigenvalue weighted by Crippen LogP contribution is -2.33. The van der Waals surface area contributed by atoms with Crippen molar-refractivity contribution in [3.05, 3.63) is 60.2 Å². The first-order valence-corrected chi connectivity index (χ1v) is 8.89. The summed E-state index contributed by atoms with van der Waals surface area (Å²) in [6, 6.07) is 16.5. The predicted octanol–water partition coefficient (Wildman–Crippen LogP) is 3.27. The number of hydrogen-bond acceptors (Lipinski definition) is 5. The molecule has 2 rings (SSSR count). The molecule has 0 fully saturated rings. The standard InChI is InChI=1S/C21H25NO5/c1-3-7-19(16-8-5-4-6-9-16)22-20(23)14-27-21(24)15-26-18-12-10-17(25-2)11-13-18/h4-6,8-13,19H,3,7,14-15H2,1-2H3,(H,22,23)/t19-/m0/s1. The number of esters is 1. The van der Waals surface area contributed by atoms with Gasteiger partial charge in [-0.15, -0.1) is 0 Å². The van der Waals surface area contributed by atoms with Crippen LogP contribution in [0.2, 0.25) is 0 Å². The van der Waals surface area contributed by atoms with Gasteiger partial charge in [0.2, 0.25) is 0 Å². The van der Waals surface area contributed by atoms with E-state index in [0.29, 0.717) is 11.5 Å². The van der Waals surface area contributed by atoms with Gasteiger partial charge in [-0.05, 0) is 36.2 Å². The van der Waals surface area contributed by atoms with Crippen molar-refractivity contribution in [3.8, 4) is 11.5 Å². The zero-order chi connectivity index (χ0) is 19.5. The van der Waals surface area contributed by atoms with Gasteiger partial charge in [0.05, 0.1) is 13.2 Å². The number of rotatable bonds is 10. The maximum absolute atomic E-state index is 12.1. The fraction of sp³-hybridized carbons (Fsp3) is 0.333. The van der Waals surface area contributed by atoms with E-state index in [1.807, 2.05) is 30.3 Å². The fourth-order valence-electron chi connectivity index (χ4n) is 2.53. The Hall–Kier alpha value is -3.02. The smallest absolute Gasteiger partial charge is 0.344 e. The third-order valence-corrected chi connectivity index (χ3v) is 3.89. The molecule has 144 valence electrons. The van der Waals surface area contributed by atoms with Gasteiger partial charge >= 0.3 is 5.97 Å². The van der Waals surface area contributed by atoms with Crippen molar-refractivity contribution in [2.24, 2.45) is 0 Å². The second kappa shape index (κ2) is 10.9. The molecule has 6 heteroatoms. The first-order chi connectivity index (χ1) is 13.1. The van der Waals surface area contributed by atoms with E-state index in [9.17, 15) is 9.59 Å². The van der Waals surface area contributed by atoms with Gasteiger partial charge in [0.1, 0.15) is 11.5 Å². The summed E-state index contributed by atoms with van der Waals surface area (Å²) in [5, 5.41) is 2.91. The Morgan fingerprint density at radius 3 is 2.26 bits per heavy atom. The Bertz CT molecular complexity index is 715. The van der Waals surface area contributed by atoms with E-state index >= 15 is 0 Å². The Morgan fingerprint density at radius 1 is 0.963 bits per heavy atom. The number of amides is 1. The van der Waals surface area contributed by atoms with Gasteiger partial charge in [-0.25, -0.2) is 4.79 Å². The van der Waals surface area contributed by atoms with Crippen LogP contribution < -0.4 is 14.8 Å². The summed E-state index contributed by atoms with van der Waals surface area (Å²) in [6.07, 6.45) is 1.74. The second-order valence-corrected chi connectivity index (χ2v) is 5.94. The molecule has 27 heavy (non-hydrogen) atoms. The number of nitrogens with one attached hydrogen (secondary N) is 1. The zero-order valence-corrected chi connectivity index (χ0v) is 15.6. The predicted molar refractivity (Wildman–Crippen MR) is 102 cm³/mol. The van der Waals surface area contributed by atoms with Gasteiger partial charge in [0.25, 0.3) is 5.91 Å². The fourth-order valence-corrected chi connectivity index (χ4v) is 2.53. The second-order valence-electron chi connectivity index (χ2n) is 5.94. The molecule has 0 aliphatic rings. The third-order valence-electron chi connectivity index (χ3n) is 3.89. The molecule has 1 N–H and O–H groups in total. The lowest BCUT2D eigenvalue weighted by Gasteiger charge is -2.18. The normalized spacial score (nSPS) is 11.3. The van der Waals surface area contributed by atoms with E-state index in [1.165, 1.54) is 0 Å². The maximum atomic E-state index is 12.1. The van der Waals surface area contributed by atoms with Gasteiger partial charge in [0.15, 0.2) is 13.2 Å². The molecule has 0 aliphatic carbocycles. The van der Waals surface area contributed by atoms with Crippen LogP contribution in [0.3, 0.4) is 0 Å². The van der Waals surface area contributed by atoms with Crippen LogP contribution in [0.5, 0.6) is 11.5 Å². The highest BCUT2D eigenvalue weighted by Crippen LogP contribution is 2.18. The van der Waals surface area contributed by atoms with E-state index < -0.39 is 5.97 Å². The van der Waals surface area contributed by atoms with Crippen molar-refractivity contribution >= 4 is 11.9 Å². The SMILES string of the molecule is CCC[C@H](NC(=O)COC(=O)COc1ccc(OC)cc1)c1ccccc1. The van der Waals surface area contributed by atoms with E-state index in [-0.39, 0.29) is 25.2 Å². The van der Waals surface area contributed by atoms with E-state index in [1.54, 1.807) is 31.4 Å². The summed E-state index contributed by atoms with van der Waals surface area (Å²) in [5.74, 6) is 0.272. The van der Waals surface area contributed by atoms with Crippen molar-refractivity contribution < 1.29 is 23.8 Å². The van der Waals surface area contributed by atoms with Crippen LogP contribution in [0, 0.1) is 0 Å². The topological polar surface area (TPSA) is 73.9 Å². The van der Waals surface area contributed by atoms with Gasteiger partial charge in [-0.3, -0.25) is 4.79 Å². The molecule has 1 atom stereocenters. The quantitative estimate of drug-likeness (QED) is 0.649. The van der Waals surface area contributed by atoms with Crippen molar-refractivity contribution in [3.63, 3.8) is 0 Å². The molecule has 2 aromatic carbocycles. The molecular weight excluding hydrogens is 346 g/mol. The zero-order valence-electron chi connectivity index (χ0n) is 15.6. The third kappa shape index (κ3) is 7.01. The average Bonchev–Trinajstić information content (AvgIpc) is 2.71. The monoisotopic (exact) mass is 371 g/mol. The summed E-state index contributed by atoms with van der Waals surface area (Å²) in [6.45, 7) is 1.45. The van der Waals surface area contributed by atoms with Crippen LogP contribution in [-0.4, -0.2) is 32.2 Å². The Kier molecular flexibility index (Phi) is 8.16. The van der Waals surface area contributed by atoms with Gasteiger partial charge in [0, 0.05) is 0 Å². The lowest BCUT2D eigenvalue weighted by atomic mass is 10.0. The molecular formula is C21H25NO5. The Balaban J connectivity index is 1.75. The number of benzene rings is 2. The molecule has 6 nitrogen and oxygen atoms in total. The highest BCUT2D eigenvalue weighted by atomic mass is 16.6. The summed E-state index contributed by atoms with van der Waals surface area (Å²) < 4.78 is 15.4. The van der Waals surface area contributed by atoms with Crippen molar-refractivity contribution in [1.82, 2.24) is 5.32 Å². The van der Waals surface area contributed by atoms with Crippen LogP contribution in [0.4, 0.5) is 0 Å². The van der Waals surface area contributed by atoms with Crippen molar-refractivity contribution in [2.45, 2.75) is 25.8 Å². The number of carbonyl (C=O) groups excluding carboxylic acids is 2. The summed E-state index contributed by atoms with van der Waals surface area (Å²) >= 11 is 0. The van der Waals surface area contributed by atoms with Crippen LogP contribution in [0.25, 0.3) is 0 Å². The molecule has 0 heterocycles. The summed E-state index contributed by atoms with van der Waals surface area (Å²) in [7, 11) is 1.57. The first kappa shape index (κ1) is 20.3. The molecule has 0 aromatic heterocycles. The molecule has 0 saturated carbocycles. The molecule has 2 aromatic rings. The Labute approximate surface area is 159 Å². The number of ether oxygens (including phenoxy) is 3. The van der Waals surface area contributed by atoms with Crippen molar-refractivity contribution in [2.75, 3.05) is 20.3 Å². The molecule has 0 bridgehead atoms. The maximum Gasteiger partial charge on any atom is 0.344 e. The van der Waals surface area contributed by atoms with Gasteiger partial charge in [-0.2, -0.15) is 0 Å². The molecule has 0 saturated heterocycles. The Morgan fingerprint density at radius 2 is 1.63 bits per heavy atom. The first-order valence-electron chi connectivity index (χ1n) is 8.89. The highest BCUT2D eigenvalue weighted by Gasteiger charge is 2.15.